The Morgan fingerprint density at radius 3 is 2.90 bits per heavy atom. The van der Waals surface area contributed by atoms with E-state index in [0.717, 1.165) is 28.6 Å². The van der Waals surface area contributed by atoms with Crippen molar-refractivity contribution in [3.05, 3.63) is 40.2 Å². The molecule has 0 saturated heterocycles. The highest BCUT2D eigenvalue weighted by atomic mass is 32.1. The average molecular weight is 287 g/mol. The van der Waals surface area contributed by atoms with Gasteiger partial charge in [0.2, 0.25) is 0 Å². The van der Waals surface area contributed by atoms with E-state index >= 15 is 0 Å². The molecule has 0 fully saturated rings. The summed E-state index contributed by atoms with van der Waals surface area (Å²) in [7, 11) is 0. The van der Waals surface area contributed by atoms with Gasteiger partial charge in [0.1, 0.15) is 5.52 Å². The molecule has 0 saturated carbocycles. The molecule has 0 radical (unpaired) electrons. The van der Waals surface area contributed by atoms with Crippen LogP contribution in [-0.2, 0) is 6.54 Å². The Morgan fingerprint density at radius 2 is 2.20 bits per heavy atom. The van der Waals surface area contributed by atoms with Crippen molar-refractivity contribution in [3.63, 3.8) is 0 Å². The van der Waals surface area contributed by atoms with Gasteiger partial charge in [0.05, 0.1) is 17.2 Å². The summed E-state index contributed by atoms with van der Waals surface area (Å²) >= 11 is 1.70. The van der Waals surface area contributed by atoms with Crippen LogP contribution in [0.5, 0.6) is 0 Å². The van der Waals surface area contributed by atoms with Crippen LogP contribution in [0.25, 0.3) is 5.52 Å². The lowest BCUT2D eigenvalue weighted by molar-refractivity contribution is 0.787. The molecule has 0 aliphatic heterocycles. The van der Waals surface area contributed by atoms with Crippen molar-refractivity contribution in [2.45, 2.75) is 33.2 Å². The third-order valence-corrected chi connectivity index (χ3v) is 4.01. The van der Waals surface area contributed by atoms with E-state index in [2.05, 4.69) is 40.3 Å². The van der Waals surface area contributed by atoms with Gasteiger partial charge in [-0.05, 0) is 18.9 Å². The van der Waals surface area contributed by atoms with E-state index in [4.69, 9.17) is 0 Å². The van der Waals surface area contributed by atoms with Gasteiger partial charge in [0, 0.05) is 23.5 Å². The summed E-state index contributed by atoms with van der Waals surface area (Å²) in [6, 6.07) is 2.10. The first kappa shape index (κ1) is 13.1. The van der Waals surface area contributed by atoms with E-state index in [0.29, 0.717) is 5.92 Å². The van der Waals surface area contributed by atoms with E-state index in [1.54, 1.807) is 17.5 Å². The highest BCUT2D eigenvalue weighted by molar-refractivity contribution is 7.11. The number of hydrogen-bond donors (Lipinski definition) is 1. The first-order valence-electron chi connectivity index (χ1n) is 6.63. The Hall–Kier alpha value is -1.95. The third-order valence-electron chi connectivity index (χ3n) is 3.10. The van der Waals surface area contributed by atoms with Gasteiger partial charge < -0.3 is 5.32 Å². The molecule has 1 N–H and O–H groups in total. The van der Waals surface area contributed by atoms with Crippen LogP contribution in [-0.4, -0.2) is 19.6 Å². The van der Waals surface area contributed by atoms with Crippen molar-refractivity contribution in [2.75, 3.05) is 5.32 Å². The monoisotopic (exact) mass is 287 g/mol. The van der Waals surface area contributed by atoms with Crippen molar-refractivity contribution in [1.29, 1.82) is 0 Å². The molecule has 20 heavy (non-hydrogen) atoms. The number of hydrogen-bond acceptors (Lipinski definition) is 5. The molecule has 3 rings (SSSR count). The van der Waals surface area contributed by atoms with Gasteiger partial charge in [0.15, 0.2) is 5.82 Å². The molecule has 0 spiro atoms. The minimum atomic E-state index is 0.409. The Bertz CT molecular complexity index is 728. The maximum Gasteiger partial charge on any atom is 0.152 e. The number of nitrogens with one attached hydrogen (secondary N) is 1. The Labute approximate surface area is 121 Å². The Kier molecular flexibility index (Phi) is 3.40. The maximum atomic E-state index is 4.56. The topological polar surface area (TPSA) is 55.1 Å². The van der Waals surface area contributed by atoms with E-state index in [9.17, 15) is 0 Å². The normalized spacial score (nSPS) is 11.4. The van der Waals surface area contributed by atoms with E-state index in [1.807, 2.05) is 23.8 Å². The molecule has 0 aromatic carbocycles. The summed E-state index contributed by atoms with van der Waals surface area (Å²) in [5.74, 6) is 1.27. The molecule has 0 bridgehead atoms. The van der Waals surface area contributed by atoms with Crippen LogP contribution >= 0.6 is 11.3 Å². The molecule has 0 aliphatic rings. The summed E-state index contributed by atoms with van der Waals surface area (Å²) in [4.78, 5) is 9.88. The molecule has 0 unspecified atom stereocenters. The van der Waals surface area contributed by atoms with Gasteiger partial charge in [0.25, 0.3) is 0 Å². The van der Waals surface area contributed by atoms with Gasteiger partial charge in [-0.1, -0.05) is 13.8 Å². The zero-order valence-corrected chi connectivity index (χ0v) is 12.6. The summed E-state index contributed by atoms with van der Waals surface area (Å²) in [6.07, 6.45) is 5.55. The number of anilines is 1. The van der Waals surface area contributed by atoms with Crippen LogP contribution in [0.3, 0.4) is 0 Å². The van der Waals surface area contributed by atoms with Gasteiger partial charge in [-0.25, -0.2) is 14.5 Å². The largest absolute Gasteiger partial charge is 0.363 e. The molecule has 3 aromatic rings. The zero-order chi connectivity index (χ0) is 14.1. The second-order valence-electron chi connectivity index (χ2n) is 5.03. The van der Waals surface area contributed by atoms with Gasteiger partial charge >= 0.3 is 0 Å². The number of fused-ring (bicyclic) bond motifs is 1. The van der Waals surface area contributed by atoms with E-state index in [-0.39, 0.29) is 0 Å². The van der Waals surface area contributed by atoms with Crippen molar-refractivity contribution < 1.29 is 0 Å². The number of thiazole rings is 1. The fraction of sp³-hybridized carbons (Fsp3) is 0.357. The summed E-state index contributed by atoms with van der Waals surface area (Å²) in [6.45, 7) is 7.03. The maximum absolute atomic E-state index is 4.56. The fourth-order valence-electron chi connectivity index (χ4n) is 2.02. The number of nitrogens with zero attached hydrogens (tertiary/aromatic N) is 4. The summed E-state index contributed by atoms with van der Waals surface area (Å²) in [5, 5.41) is 9.01. The second kappa shape index (κ2) is 5.20. The number of aromatic nitrogens is 4. The second-order valence-corrected chi connectivity index (χ2v) is 6.35. The average Bonchev–Trinajstić information content (AvgIpc) is 3.02. The third kappa shape index (κ3) is 2.51. The highest BCUT2D eigenvalue weighted by Gasteiger charge is 2.09. The van der Waals surface area contributed by atoms with Crippen LogP contribution in [0, 0.1) is 6.92 Å². The van der Waals surface area contributed by atoms with Crippen molar-refractivity contribution in [2.24, 2.45) is 0 Å². The van der Waals surface area contributed by atoms with Crippen LogP contribution in [0.2, 0.25) is 0 Å². The SMILES string of the molecule is Cc1ncc(CNc2nccn3nc(C(C)C)cc23)s1. The minimum absolute atomic E-state index is 0.409. The molecular weight excluding hydrogens is 270 g/mol. The standard InChI is InChI=1S/C14H17N5S/c1-9(2)12-6-13-14(15-4-5-19(13)18-12)17-8-11-7-16-10(3)20-11/h4-7,9H,8H2,1-3H3,(H,15,17). The molecule has 6 heteroatoms. The van der Waals surface area contributed by atoms with Crippen molar-refractivity contribution >= 4 is 22.7 Å². The van der Waals surface area contributed by atoms with Crippen LogP contribution < -0.4 is 5.32 Å². The number of aryl methyl sites for hydroxylation is 1. The molecule has 5 nitrogen and oxygen atoms in total. The molecular formula is C14H17N5S. The predicted molar refractivity (Wildman–Crippen MR) is 81.3 cm³/mol. The lowest BCUT2D eigenvalue weighted by Gasteiger charge is -2.04. The van der Waals surface area contributed by atoms with E-state index in [1.165, 1.54) is 4.88 Å². The molecule has 0 atom stereocenters. The molecule has 104 valence electrons. The predicted octanol–water partition coefficient (Wildman–Crippen LogP) is 3.23. The zero-order valence-electron chi connectivity index (χ0n) is 11.8. The molecule has 0 aliphatic carbocycles. The Balaban J connectivity index is 1.87. The fourth-order valence-corrected chi connectivity index (χ4v) is 2.75. The lowest BCUT2D eigenvalue weighted by Crippen LogP contribution is -2.02. The Morgan fingerprint density at radius 1 is 1.35 bits per heavy atom. The highest BCUT2D eigenvalue weighted by Crippen LogP contribution is 2.21. The smallest absolute Gasteiger partial charge is 0.152 e. The van der Waals surface area contributed by atoms with Crippen molar-refractivity contribution in [3.8, 4) is 0 Å². The van der Waals surface area contributed by atoms with Gasteiger partial charge in [-0.2, -0.15) is 5.10 Å². The quantitative estimate of drug-likeness (QED) is 0.800. The van der Waals surface area contributed by atoms with Gasteiger partial charge in [-0.15, -0.1) is 11.3 Å². The summed E-state index contributed by atoms with van der Waals surface area (Å²) in [5.41, 5.74) is 2.09. The van der Waals surface area contributed by atoms with Crippen LogP contribution in [0.4, 0.5) is 5.82 Å². The summed E-state index contributed by atoms with van der Waals surface area (Å²) < 4.78 is 1.88. The first-order valence-corrected chi connectivity index (χ1v) is 7.44. The van der Waals surface area contributed by atoms with Crippen LogP contribution in [0.15, 0.2) is 24.7 Å². The lowest BCUT2D eigenvalue weighted by atomic mass is 10.1. The number of rotatable bonds is 4. The minimum Gasteiger partial charge on any atom is -0.363 e. The van der Waals surface area contributed by atoms with Gasteiger partial charge in [-0.3, -0.25) is 0 Å². The van der Waals surface area contributed by atoms with Crippen molar-refractivity contribution in [1.82, 2.24) is 19.6 Å². The molecule has 3 heterocycles. The first-order chi connectivity index (χ1) is 9.63. The van der Waals surface area contributed by atoms with E-state index < -0.39 is 0 Å². The molecule has 0 amide bonds. The molecule has 3 aromatic heterocycles. The van der Waals surface area contributed by atoms with Crippen LogP contribution in [0.1, 0.15) is 35.3 Å².